The topological polar surface area (TPSA) is 207 Å². The zero-order chi connectivity index (χ0) is 54.8. The predicted molar refractivity (Wildman–Crippen MR) is 250 cm³/mol. The molecular weight excluding hydrogens is 1070 g/mol. The summed E-state index contributed by atoms with van der Waals surface area (Å²) in [6, 6.07) is 15.1. The van der Waals surface area contributed by atoms with E-state index < -0.39 is 100 Å². The maximum atomic E-state index is 15.5. The molecule has 0 unspecified atom stereocenters. The number of fused-ring (bicyclic) bond motifs is 2. The van der Waals surface area contributed by atoms with Crippen molar-refractivity contribution in [3.63, 3.8) is 0 Å². The van der Waals surface area contributed by atoms with Crippen LogP contribution in [0, 0.1) is 35.1 Å². The van der Waals surface area contributed by atoms with E-state index in [4.69, 9.17) is 9.47 Å². The van der Waals surface area contributed by atoms with Crippen molar-refractivity contribution in [3.05, 3.63) is 153 Å². The minimum atomic E-state index is -4.44. The summed E-state index contributed by atoms with van der Waals surface area (Å²) in [5.41, 5.74) is -1.85. The van der Waals surface area contributed by atoms with Crippen molar-refractivity contribution >= 4 is 53.5 Å². The second kappa shape index (κ2) is 19.7. The van der Waals surface area contributed by atoms with Gasteiger partial charge < -0.3 is 18.5 Å². The number of sulfonamides is 2. The van der Waals surface area contributed by atoms with Crippen LogP contribution in [-0.2, 0) is 20.0 Å². The van der Waals surface area contributed by atoms with Gasteiger partial charge in [-0.2, -0.15) is 26.3 Å². The number of ether oxygens (including phenoxy) is 2. The minimum Gasteiger partial charge on any atom is -0.495 e. The van der Waals surface area contributed by atoms with Crippen LogP contribution in [0.25, 0.3) is 33.2 Å². The summed E-state index contributed by atoms with van der Waals surface area (Å²) in [5, 5.41) is 6.29. The highest BCUT2D eigenvalue weighted by atomic mass is 32.2. The molecule has 2 saturated carbocycles. The van der Waals surface area contributed by atoms with Gasteiger partial charge >= 0.3 is 12.4 Å². The highest BCUT2D eigenvalue weighted by Crippen LogP contribution is 2.52. The van der Waals surface area contributed by atoms with Gasteiger partial charge in [-0.1, -0.05) is 10.3 Å². The van der Waals surface area contributed by atoms with Gasteiger partial charge in [-0.25, -0.2) is 34.4 Å². The molecule has 76 heavy (non-hydrogen) atoms. The number of aromatic nitrogens is 4. The summed E-state index contributed by atoms with van der Waals surface area (Å²) < 4.78 is 215. The standard InChI is InChI=1S/2C24H18F5N3O5S/c2*1-36-19-10-15(12-8-13(9-12)24(27,28)29)16(25)11-18(19)32-17-3-4-20(23(26)14(17)2-5-22(32)33)38(34,35)31-21-6-7-37-30-21/h2*2-7,10-13H,8-9H2,1H3,(H,30,31). The molecule has 2 aliphatic carbocycles. The number of nitrogens with zero attached hydrogens (tertiary/aromatic N) is 4. The highest BCUT2D eigenvalue weighted by molar-refractivity contribution is 7.93. The van der Waals surface area contributed by atoms with Crippen LogP contribution >= 0.6 is 0 Å². The normalized spacial score (nSPS) is 17.8. The summed E-state index contributed by atoms with van der Waals surface area (Å²) in [5.74, 6) is -8.91. The van der Waals surface area contributed by atoms with Gasteiger partial charge in [0.1, 0.15) is 45.5 Å². The van der Waals surface area contributed by atoms with Gasteiger partial charge in [0.05, 0.1) is 48.5 Å². The molecule has 2 fully saturated rings. The van der Waals surface area contributed by atoms with Crippen LogP contribution in [0.15, 0.2) is 126 Å². The first-order chi connectivity index (χ1) is 35.8. The van der Waals surface area contributed by atoms with Crippen molar-refractivity contribution in [2.45, 2.75) is 59.7 Å². The number of halogens is 10. The van der Waals surface area contributed by atoms with Crippen molar-refractivity contribution in [2.24, 2.45) is 11.8 Å². The van der Waals surface area contributed by atoms with E-state index in [0.717, 1.165) is 70.2 Å². The molecule has 4 aromatic heterocycles. The lowest BCUT2D eigenvalue weighted by Crippen LogP contribution is -2.34. The minimum absolute atomic E-state index is 0.0119. The molecule has 0 spiro atoms. The van der Waals surface area contributed by atoms with E-state index in [0.29, 0.717) is 0 Å². The number of hydrogen-bond acceptors (Lipinski definition) is 12. The lowest BCUT2D eigenvalue weighted by atomic mass is 9.71. The molecule has 10 rings (SSSR count). The molecule has 2 N–H and O–H groups in total. The fourth-order valence-electron chi connectivity index (χ4n) is 9.05. The van der Waals surface area contributed by atoms with Crippen LogP contribution < -0.4 is 30.0 Å². The van der Waals surface area contributed by atoms with Gasteiger partial charge in [0.2, 0.25) is 0 Å². The van der Waals surface area contributed by atoms with Gasteiger partial charge in [-0.15, -0.1) is 0 Å². The molecule has 0 atom stereocenters. The number of nitrogens with one attached hydrogen (secondary N) is 2. The lowest BCUT2D eigenvalue weighted by molar-refractivity contribution is -0.198. The average Bonchev–Trinajstić information content (AvgIpc) is 4.02. The fourth-order valence-corrected chi connectivity index (χ4v) is 11.2. The summed E-state index contributed by atoms with van der Waals surface area (Å²) in [6.45, 7) is 0. The molecule has 28 heteroatoms. The van der Waals surface area contributed by atoms with Crippen LogP contribution in [0.2, 0.25) is 0 Å². The predicted octanol–water partition coefficient (Wildman–Crippen LogP) is 10.2. The number of alkyl halides is 6. The fraction of sp³-hybridized carbons (Fsp3) is 0.250. The molecule has 0 radical (unpaired) electrons. The number of benzene rings is 4. The molecule has 0 amide bonds. The van der Waals surface area contributed by atoms with Crippen LogP contribution in [-0.4, -0.2) is 62.9 Å². The smallest absolute Gasteiger partial charge is 0.391 e. The summed E-state index contributed by atoms with van der Waals surface area (Å²) in [7, 11) is -6.41. The molecule has 8 aromatic rings. The first kappa shape index (κ1) is 53.0. The molecule has 2 aliphatic rings. The van der Waals surface area contributed by atoms with Gasteiger partial charge in [-0.3, -0.25) is 28.2 Å². The van der Waals surface area contributed by atoms with Gasteiger partial charge in [-0.05, 0) is 97.2 Å². The number of methoxy groups -OCH3 is 2. The van der Waals surface area contributed by atoms with E-state index in [2.05, 4.69) is 28.8 Å². The van der Waals surface area contributed by atoms with E-state index in [-0.39, 0.29) is 93.1 Å². The third kappa shape index (κ3) is 9.92. The highest BCUT2D eigenvalue weighted by Gasteiger charge is 2.50. The van der Waals surface area contributed by atoms with E-state index in [1.807, 2.05) is 0 Å². The zero-order valence-electron chi connectivity index (χ0n) is 38.8. The third-order valence-corrected chi connectivity index (χ3v) is 15.8. The zero-order valence-corrected chi connectivity index (χ0v) is 40.5. The van der Waals surface area contributed by atoms with Gasteiger partial charge in [0.15, 0.2) is 23.3 Å². The summed E-state index contributed by atoms with van der Waals surface area (Å²) in [4.78, 5) is 24.2. The Morgan fingerprint density at radius 3 is 1.24 bits per heavy atom. The SMILES string of the molecule is COc1cc(C2CC(C(F)(F)F)C2)c(F)cc1-n1c(=O)ccc2c(F)c(S(=O)(=O)Nc3ccon3)ccc21.COc1cc(C2CC(C(F)(F)F)C2)c(F)cc1-n1c(=O)ccc2c(F)c(S(=O)(=O)Nc3ccon3)ccc21. The van der Waals surface area contributed by atoms with Crippen LogP contribution in [0.3, 0.4) is 0 Å². The molecule has 0 saturated heterocycles. The monoisotopic (exact) mass is 1110 g/mol. The first-order valence-corrected chi connectivity index (χ1v) is 25.2. The molecule has 0 aliphatic heterocycles. The Hall–Kier alpha value is -7.88. The van der Waals surface area contributed by atoms with Crippen molar-refractivity contribution in [1.29, 1.82) is 0 Å². The Labute approximate surface area is 421 Å². The Morgan fingerprint density at radius 1 is 0.553 bits per heavy atom. The number of pyridine rings is 2. The summed E-state index contributed by atoms with van der Waals surface area (Å²) in [6.07, 6.45) is -7.61. The largest absolute Gasteiger partial charge is 0.495 e. The molecule has 16 nitrogen and oxygen atoms in total. The Morgan fingerprint density at radius 2 is 0.921 bits per heavy atom. The van der Waals surface area contributed by atoms with Crippen molar-refractivity contribution < 1.29 is 79.3 Å². The average molecular weight is 1110 g/mol. The molecule has 4 aromatic carbocycles. The van der Waals surface area contributed by atoms with Crippen LogP contribution in [0.4, 0.5) is 55.5 Å². The van der Waals surface area contributed by atoms with E-state index in [1.54, 1.807) is 0 Å². The van der Waals surface area contributed by atoms with Gasteiger partial charge in [0.25, 0.3) is 31.2 Å². The Balaban J connectivity index is 0.000000186. The molecule has 0 bridgehead atoms. The first-order valence-electron chi connectivity index (χ1n) is 22.2. The maximum absolute atomic E-state index is 15.5. The second-order valence-electron chi connectivity index (χ2n) is 17.5. The van der Waals surface area contributed by atoms with E-state index >= 15 is 17.6 Å². The number of anilines is 2. The quantitative estimate of drug-likeness (QED) is 0.110. The number of hydrogen-bond donors (Lipinski definition) is 2. The van der Waals surface area contributed by atoms with Crippen molar-refractivity contribution in [3.8, 4) is 22.9 Å². The maximum Gasteiger partial charge on any atom is 0.391 e. The third-order valence-electron chi connectivity index (χ3n) is 13.0. The summed E-state index contributed by atoms with van der Waals surface area (Å²) >= 11 is 0. The lowest BCUT2D eigenvalue weighted by Gasteiger charge is -2.37. The van der Waals surface area contributed by atoms with E-state index in [1.165, 1.54) is 50.6 Å². The van der Waals surface area contributed by atoms with Crippen molar-refractivity contribution in [1.82, 2.24) is 19.4 Å². The van der Waals surface area contributed by atoms with E-state index in [9.17, 15) is 52.8 Å². The number of rotatable bonds is 12. The van der Waals surface area contributed by atoms with Crippen LogP contribution in [0.1, 0.15) is 48.6 Å². The Bertz CT molecular complexity index is 3640. The second-order valence-corrected chi connectivity index (χ2v) is 20.8. The molecule has 4 heterocycles. The Kier molecular flexibility index (Phi) is 13.7. The van der Waals surface area contributed by atoms with Crippen LogP contribution in [0.5, 0.6) is 11.5 Å². The molecular formula is C48H36F10N6O10S2. The van der Waals surface area contributed by atoms with Gasteiger partial charge in [0, 0.05) is 47.2 Å². The molecule has 400 valence electrons. The van der Waals surface area contributed by atoms with Crippen molar-refractivity contribution in [2.75, 3.05) is 23.7 Å².